The van der Waals surface area contributed by atoms with Gasteiger partial charge < -0.3 is 14.6 Å². The molecular weight excluding hydrogens is 216 g/mol. The Morgan fingerprint density at radius 3 is 1.94 bits per heavy atom. The average molecular weight is 244 g/mol. The van der Waals surface area contributed by atoms with Crippen molar-refractivity contribution in [3.63, 3.8) is 0 Å². The number of rotatable bonds is 1. The zero-order valence-corrected chi connectivity index (χ0v) is 12.5. The molecule has 0 aliphatic carbocycles. The van der Waals surface area contributed by atoms with E-state index < -0.39 is 5.79 Å². The van der Waals surface area contributed by atoms with Crippen molar-refractivity contribution in [3.05, 3.63) is 0 Å². The average Bonchev–Trinajstić information content (AvgIpc) is 2.26. The first-order valence-corrected chi connectivity index (χ1v) is 6.34. The molecule has 1 N–H and O–H groups in total. The van der Waals surface area contributed by atoms with Gasteiger partial charge in [-0.25, -0.2) is 0 Å². The van der Waals surface area contributed by atoms with Crippen molar-refractivity contribution in [2.24, 2.45) is 10.8 Å². The molecule has 2 atom stereocenters. The Labute approximate surface area is 105 Å². The SMILES string of the molecule is CC(C)(C)O[C@@H]1C(C)(C)COC1(O)C(C)(C)C. The first kappa shape index (κ1) is 14.9. The van der Waals surface area contributed by atoms with Crippen molar-refractivity contribution in [2.75, 3.05) is 6.61 Å². The highest BCUT2D eigenvalue weighted by molar-refractivity contribution is 5.02. The van der Waals surface area contributed by atoms with Gasteiger partial charge in [0.05, 0.1) is 12.2 Å². The molecule has 1 fully saturated rings. The largest absolute Gasteiger partial charge is 0.366 e. The Hall–Kier alpha value is -0.120. The van der Waals surface area contributed by atoms with E-state index in [2.05, 4.69) is 13.8 Å². The van der Waals surface area contributed by atoms with Crippen molar-refractivity contribution in [2.45, 2.75) is 72.9 Å². The summed E-state index contributed by atoms with van der Waals surface area (Å²) in [5.41, 5.74) is -0.860. The minimum atomic E-state index is -1.23. The molecule has 1 saturated heterocycles. The molecule has 0 spiro atoms. The third-order valence-electron chi connectivity index (χ3n) is 3.28. The van der Waals surface area contributed by atoms with Gasteiger partial charge in [0.2, 0.25) is 0 Å². The molecule has 3 nitrogen and oxygen atoms in total. The third-order valence-corrected chi connectivity index (χ3v) is 3.28. The van der Waals surface area contributed by atoms with Gasteiger partial charge in [-0.05, 0) is 20.8 Å². The monoisotopic (exact) mass is 244 g/mol. The summed E-state index contributed by atoms with van der Waals surface area (Å²) in [6.07, 6.45) is -0.324. The van der Waals surface area contributed by atoms with Crippen LogP contribution in [-0.4, -0.2) is 29.2 Å². The minimum Gasteiger partial charge on any atom is -0.366 e. The van der Waals surface area contributed by atoms with E-state index in [9.17, 15) is 5.11 Å². The molecule has 1 aliphatic heterocycles. The van der Waals surface area contributed by atoms with Crippen LogP contribution in [0.1, 0.15) is 55.4 Å². The van der Waals surface area contributed by atoms with Crippen LogP contribution >= 0.6 is 0 Å². The predicted molar refractivity (Wildman–Crippen MR) is 68.8 cm³/mol. The smallest absolute Gasteiger partial charge is 0.197 e. The maximum absolute atomic E-state index is 10.8. The molecule has 102 valence electrons. The molecule has 1 heterocycles. The molecule has 0 aromatic rings. The van der Waals surface area contributed by atoms with Crippen molar-refractivity contribution in [1.82, 2.24) is 0 Å². The Morgan fingerprint density at radius 2 is 1.59 bits per heavy atom. The van der Waals surface area contributed by atoms with Crippen molar-refractivity contribution < 1.29 is 14.6 Å². The number of ether oxygens (including phenoxy) is 2. The quantitative estimate of drug-likeness (QED) is 0.770. The van der Waals surface area contributed by atoms with Gasteiger partial charge in [0, 0.05) is 10.8 Å². The van der Waals surface area contributed by atoms with Gasteiger partial charge in [-0.15, -0.1) is 0 Å². The molecule has 0 saturated carbocycles. The van der Waals surface area contributed by atoms with Crippen molar-refractivity contribution >= 4 is 0 Å². The highest BCUT2D eigenvalue weighted by atomic mass is 16.7. The summed E-state index contributed by atoms with van der Waals surface area (Å²) < 4.78 is 11.8. The summed E-state index contributed by atoms with van der Waals surface area (Å²) in [6, 6.07) is 0. The van der Waals surface area contributed by atoms with Crippen LogP contribution < -0.4 is 0 Å². The van der Waals surface area contributed by atoms with Gasteiger partial charge in [0.1, 0.15) is 6.10 Å². The third kappa shape index (κ3) is 2.83. The van der Waals surface area contributed by atoms with Gasteiger partial charge >= 0.3 is 0 Å². The fraction of sp³-hybridized carbons (Fsp3) is 1.00. The molecule has 1 rings (SSSR count). The molecule has 0 aromatic heterocycles. The second kappa shape index (κ2) is 3.94. The van der Waals surface area contributed by atoms with Crippen LogP contribution in [0.25, 0.3) is 0 Å². The zero-order chi connectivity index (χ0) is 13.7. The van der Waals surface area contributed by atoms with Crippen LogP contribution in [0.3, 0.4) is 0 Å². The lowest BCUT2D eigenvalue weighted by Gasteiger charge is -2.44. The highest BCUT2D eigenvalue weighted by Crippen LogP contribution is 2.49. The predicted octanol–water partition coefficient (Wildman–Crippen LogP) is 2.96. The zero-order valence-electron chi connectivity index (χ0n) is 12.5. The molecule has 0 aromatic carbocycles. The molecular formula is C14H28O3. The number of aliphatic hydroxyl groups is 1. The molecule has 3 heteroatoms. The molecule has 0 radical (unpaired) electrons. The summed E-state index contributed by atoms with van der Waals surface area (Å²) in [5.74, 6) is -1.23. The molecule has 1 unspecified atom stereocenters. The van der Waals surface area contributed by atoms with Gasteiger partial charge in [-0.3, -0.25) is 0 Å². The minimum absolute atomic E-state index is 0.185. The van der Waals surface area contributed by atoms with E-state index in [1.54, 1.807) is 0 Å². The van der Waals surface area contributed by atoms with Crippen LogP contribution in [0, 0.1) is 10.8 Å². The lowest BCUT2D eigenvalue weighted by molar-refractivity contribution is -0.294. The summed E-state index contributed by atoms with van der Waals surface area (Å²) in [7, 11) is 0. The standard InChI is InChI=1S/C14H28O3/c1-11(2,3)14(15)10(17-12(4,5)6)13(7,8)9-16-14/h10,15H,9H2,1-8H3/t10-,14?/m1/s1. The Balaban J connectivity index is 3.08. The van der Waals surface area contributed by atoms with Gasteiger partial charge in [-0.1, -0.05) is 34.6 Å². The Kier molecular flexibility index (Phi) is 3.46. The topological polar surface area (TPSA) is 38.7 Å². The van der Waals surface area contributed by atoms with E-state index in [-0.39, 0.29) is 22.5 Å². The fourth-order valence-electron chi connectivity index (χ4n) is 2.18. The van der Waals surface area contributed by atoms with E-state index in [1.807, 2.05) is 41.5 Å². The lowest BCUT2D eigenvalue weighted by Crippen LogP contribution is -2.56. The number of hydrogen-bond donors (Lipinski definition) is 1. The van der Waals surface area contributed by atoms with Crippen LogP contribution in [0.5, 0.6) is 0 Å². The summed E-state index contributed by atoms with van der Waals surface area (Å²) in [4.78, 5) is 0. The van der Waals surface area contributed by atoms with E-state index in [4.69, 9.17) is 9.47 Å². The van der Waals surface area contributed by atoms with Gasteiger partial charge in [0.15, 0.2) is 5.79 Å². The summed E-state index contributed by atoms with van der Waals surface area (Å²) in [6.45, 7) is 16.6. The van der Waals surface area contributed by atoms with E-state index in [0.29, 0.717) is 6.61 Å². The molecule has 17 heavy (non-hydrogen) atoms. The van der Waals surface area contributed by atoms with E-state index in [0.717, 1.165) is 0 Å². The maximum Gasteiger partial charge on any atom is 0.197 e. The van der Waals surface area contributed by atoms with Crippen LogP contribution in [0.2, 0.25) is 0 Å². The van der Waals surface area contributed by atoms with Crippen molar-refractivity contribution in [1.29, 1.82) is 0 Å². The molecule has 0 bridgehead atoms. The summed E-state index contributed by atoms with van der Waals surface area (Å²) in [5, 5.41) is 10.8. The first-order chi connectivity index (χ1) is 7.30. The Morgan fingerprint density at radius 1 is 1.12 bits per heavy atom. The maximum atomic E-state index is 10.8. The highest BCUT2D eigenvalue weighted by Gasteiger charge is 2.60. The molecule has 0 amide bonds. The second-order valence-electron chi connectivity index (χ2n) is 7.83. The van der Waals surface area contributed by atoms with Crippen molar-refractivity contribution in [3.8, 4) is 0 Å². The lowest BCUT2D eigenvalue weighted by atomic mass is 9.75. The van der Waals surface area contributed by atoms with E-state index >= 15 is 0 Å². The van der Waals surface area contributed by atoms with Gasteiger partial charge in [-0.2, -0.15) is 0 Å². The molecule has 1 aliphatic rings. The second-order valence-corrected chi connectivity index (χ2v) is 7.83. The fourth-order valence-corrected chi connectivity index (χ4v) is 2.18. The summed E-state index contributed by atoms with van der Waals surface area (Å²) >= 11 is 0. The number of hydrogen-bond acceptors (Lipinski definition) is 3. The first-order valence-electron chi connectivity index (χ1n) is 6.34. The van der Waals surface area contributed by atoms with Crippen LogP contribution in [0.4, 0.5) is 0 Å². The van der Waals surface area contributed by atoms with Gasteiger partial charge in [0.25, 0.3) is 0 Å². The van der Waals surface area contributed by atoms with Crippen LogP contribution in [-0.2, 0) is 9.47 Å². The Bertz CT molecular complexity index is 283. The van der Waals surface area contributed by atoms with Crippen LogP contribution in [0.15, 0.2) is 0 Å². The normalized spacial score (nSPS) is 34.1. The van der Waals surface area contributed by atoms with E-state index in [1.165, 1.54) is 0 Å².